The average molecular weight is 271 g/mol. The van der Waals surface area contributed by atoms with Gasteiger partial charge in [0, 0.05) is 11.1 Å². The van der Waals surface area contributed by atoms with Crippen molar-refractivity contribution < 1.29 is 9.84 Å². The van der Waals surface area contributed by atoms with Crippen LogP contribution in [0.15, 0.2) is 28.7 Å². The van der Waals surface area contributed by atoms with Crippen molar-refractivity contribution in [2.24, 2.45) is 0 Å². The normalized spacial score (nSPS) is 26.5. The van der Waals surface area contributed by atoms with E-state index in [1.165, 1.54) is 5.56 Å². The molecule has 1 N–H and O–H groups in total. The van der Waals surface area contributed by atoms with E-state index in [4.69, 9.17) is 4.74 Å². The van der Waals surface area contributed by atoms with Gasteiger partial charge in [-0.1, -0.05) is 28.1 Å². The summed E-state index contributed by atoms with van der Waals surface area (Å²) in [7, 11) is 0. The summed E-state index contributed by atoms with van der Waals surface area (Å²) in [6.07, 6.45) is 2.42. The molecule has 1 saturated heterocycles. The molecule has 1 aliphatic heterocycles. The Kier molecular flexibility index (Phi) is 3.78. The summed E-state index contributed by atoms with van der Waals surface area (Å²) >= 11 is 3.41. The van der Waals surface area contributed by atoms with Gasteiger partial charge in [0.25, 0.3) is 0 Å². The maximum atomic E-state index is 9.51. The lowest BCUT2D eigenvalue weighted by Gasteiger charge is -2.26. The molecule has 2 unspecified atom stereocenters. The molecular weight excluding hydrogens is 256 g/mol. The highest BCUT2D eigenvalue weighted by atomic mass is 79.9. The summed E-state index contributed by atoms with van der Waals surface area (Å²) in [6.45, 7) is 0.683. The molecule has 15 heavy (non-hydrogen) atoms. The minimum atomic E-state index is -0.181. The van der Waals surface area contributed by atoms with E-state index in [1.807, 2.05) is 12.1 Å². The number of rotatable bonds is 2. The summed E-state index contributed by atoms with van der Waals surface area (Å²) in [4.78, 5) is 0. The van der Waals surface area contributed by atoms with Crippen molar-refractivity contribution in [3.63, 3.8) is 0 Å². The second-order valence-corrected chi connectivity index (χ2v) is 4.92. The zero-order valence-electron chi connectivity index (χ0n) is 8.53. The first kappa shape index (κ1) is 11.1. The third-order valence-corrected chi connectivity index (χ3v) is 3.24. The van der Waals surface area contributed by atoms with Crippen molar-refractivity contribution in [3.05, 3.63) is 34.3 Å². The van der Waals surface area contributed by atoms with Gasteiger partial charge in [0.2, 0.25) is 0 Å². The number of aliphatic hydroxyl groups is 1. The standard InChI is InChI=1S/C12H15BrO2/c13-10-3-1-9(2-4-10)7-12-8-11(14)5-6-15-12/h1-4,11-12,14H,5-8H2. The number of aliphatic hydroxyl groups excluding tert-OH is 1. The van der Waals surface area contributed by atoms with Crippen LogP contribution in [0.1, 0.15) is 18.4 Å². The van der Waals surface area contributed by atoms with Crippen LogP contribution in [-0.2, 0) is 11.2 Å². The highest BCUT2D eigenvalue weighted by Crippen LogP contribution is 2.19. The average Bonchev–Trinajstić information content (AvgIpc) is 2.22. The molecule has 1 heterocycles. The number of ether oxygens (including phenoxy) is 1. The van der Waals surface area contributed by atoms with Gasteiger partial charge in [-0.2, -0.15) is 0 Å². The van der Waals surface area contributed by atoms with E-state index < -0.39 is 0 Å². The predicted octanol–water partition coefficient (Wildman–Crippen LogP) is 2.53. The largest absolute Gasteiger partial charge is 0.393 e. The van der Waals surface area contributed by atoms with Crippen molar-refractivity contribution in [3.8, 4) is 0 Å². The monoisotopic (exact) mass is 270 g/mol. The van der Waals surface area contributed by atoms with Crippen LogP contribution in [0.2, 0.25) is 0 Å². The number of halogens is 1. The molecule has 2 atom stereocenters. The Balaban J connectivity index is 1.93. The lowest BCUT2D eigenvalue weighted by atomic mass is 10.00. The van der Waals surface area contributed by atoms with Gasteiger partial charge in [0.05, 0.1) is 12.2 Å². The quantitative estimate of drug-likeness (QED) is 0.895. The lowest BCUT2D eigenvalue weighted by molar-refractivity contribution is -0.0423. The van der Waals surface area contributed by atoms with E-state index in [-0.39, 0.29) is 12.2 Å². The molecule has 2 nitrogen and oxygen atoms in total. The Morgan fingerprint density at radius 1 is 1.33 bits per heavy atom. The summed E-state index contributed by atoms with van der Waals surface area (Å²) in [5.41, 5.74) is 1.26. The van der Waals surface area contributed by atoms with Crippen LogP contribution in [0.5, 0.6) is 0 Å². The molecule has 1 aliphatic rings. The fourth-order valence-electron chi connectivity index (χ4n) is 1.89. The summed E-state index contributed by atoms with van der Waals surface area (Å²) in [5.74, 6) is 0. The van der Waals surface area contributed by atoms with Crippen LogP contribution in [0.3, 0.4) is 0 Å². The van der Waals surface area contributed by atoms with Crippen LogP contribution in [0.25, 0.3) is 0 Å². The van der Waals surface area contributed by atoms with Crippen LogP contribution < -0.4 is 0 Å². The summed E-state index contributed by atoms with van der Waals surface area (Å²) < 4.78 is 6.70. The molecule has 1 fully saturated rings. The smallest absolute Gasteiger partial charge is 0.0640 e. The molecule has 0 aliphatic carbocycles. The molecule has 0 bridgehead atoms. The van der Waals surface area contributed by atoms with E-state index in [2.05, 4.69) is 28.1 Å². The third-order valence-electron chi connectivity index (χ3n) is 2.72. The van der Waals surface area contributed by atoms with Crippen LogP contribution in [-0.4, -0.2) is 23.9 Å². The van der Waals surface area contributed by atoms with E-state index >= 15 is 0 Å². The fourth-order valence-corrected chi connectivity index (χ4v) is 2.15. The van der Waals surface area contributed by atoms with Crippen LogP contribution >= 0.6 is 15.9 Å². The van der Waals surface area contributed by atoms with Gasteiger partial charge < -0.3 is 9.84 Å². The minimum Gasteiger partial charge on any atom is -0.393 e. The van der Waals surface area contributed by atoms with Gasteiger partial charge in [-0.25, -0.2) is 0 Å². The fraction of sp³-hybridized carbons (Fsp3) is 0.500. The molecule has 3 heteroatoms. The second-order valence-electron chi connectivity index (χ2n) is 4.00. The molecule has 1 aromatic rings. The van der Waals surface area contributed by atoms with Gasteiger partial charge in [-0.3, -0.25) is 0 Å². The van der Waals surface area contributed by atoms with Crippen LogP contribution in [0.4, 0.5) is 0 Å². The Labute approximate surface area is 98.4 Å². The molecule has 0 radical (unpaired) electrons. The zero-order chi connectivity index (χ0) is 10.7. The predicted molar refractivity (Wildman–Crippen MR) is 62.8 cm³/mol. The summed E-state index contributed by atoms with van der Waals surface area (Å²) in [5, 5.41) is 9.51. The van der Waals surface area contributed by atoms with Gasteiger partial charge in [0.1, 0.15) is 0 Å². The minimum absolute atomic E-state index is 0.176. The highest BCUT2D eigenvalue weighted by Gasteiger charge is 2.20. The number of benzene rings is 1. The Morgan fingerprint density at radius 3 is 2.73 bits per heavy atom. The Bertz CT molecular complexity index is 310. The number of hydrogen-bond acceptors (Lipinski definition) is 2. The van der Waals surface area contributed by atoms with Crippen molar-refractivity contribution in [1.82, 2.24) is 0 Å². The highest BCUT2D eigenvalue weighted by molar-refractivity contribution is 9.10. The van der Waals surface area contributed by atoms with Crippen molar-refractivity contribution in [2.45, 2.75) is 31.5 Å². The molecule has 0 saturated carbocycles. The van der Waals surface area contributed by atoms with E-state index in [0.29, 0.717) is 6.61 Å². The molecule has 0 spiro atoms. The molecular formula is C12H15BrO2. The van der Waals surface area contributed by atoms with E-state index in [1.54, 1.807) is 0 Å². The van der Waals surface area contributed by atoms with Crippen molar-refractivity contribution >= 4 is 15.9 Å². The molecule has 1 aromatic carbocycles. The molecule has 0 amide bonds. The second kappa shape index (κ2) is 5.10. The van der Waals surface area contributed by atoms with Gasteiger partial charge >= 0.3 is 0 Å². The van der Waals surface area contributed by atoms with E-state index in [9.17, 15) is 5.11 Å². The summed E-state index contributed by atoms with van der Waals surface area (Å²) in [6, 6.07) is 8.26. The van der Waals surface area contributed by atoms with Crippen molar-refractivity contribution in [2.75, 3.05) is 6.61 Å². The maximum absolute atomic E-state index is 9.51. The Morgan fingerprint density at radius 2 is 2.07 bits per heavy atom. The first-order valence-electron chi connectivity index (χ1n) is 5.28. The van der Waals surface area contributed by atoms with Gasteiger partial charge in [-0.05, 0) is 37.0 Å². The lowest BCUT2D eigenvalue weighted by Crippen LogP contribution is -2.30. The van der Waals surface area contributed by atoms with Gasteiger partial charge in [0.15, 0.2) is 0 Å². The van der Waals surface area contributed by atoms with Crippen molar-refractivity contribution in [1.29, 1.82) is 0 Å². The zero-order valence-corrected chi connectivity index (χ0v) is 10.1. The topological polar surface area (TPSA) is 29.5 Å². The Hall–Kier alpha value is -0.380. The molecule has 0 aromatic heterocycles. The third kappa shape index (κ3) is 3.30. The molecule has 82 valence electrons. The number of hydrogen-bond donors (Lipinski definition) is 1. The SMILES string of the molecule is OC1CCOC(Cc2ccc(Br)cc2)C1. The maximum Gasteiger partial charge on any atom is 0.0640 e. The van der Waals surface area contributed by atoms with E-state index in [0.717, 1.165) is 23.7 Å². The van der Waals surface area contributed by atoms with Gasteiger partial charge in [-0.15, -0.1) is 0 Å². The van der Waals surface area contributed by atoms with Crippen LogP contribution in [0, 0.1) is 0 Å². The first-order chi connectivity index (χ1) is 7.24. The first-order valence-corrected chi connectivity index (χ1v) is 6.07. The molecule has 2 rings (SSSR count).